The van der Waals surface area contributed by atoms with E-state index in [0.29, 0.717) is 13.0 Å². The summed E-state index contributed by atoms with van der Waals surface area (Å²) < 4.78 is 0. The van der Waals surface area contributed by atoms with Gasteiger partial charge < -0.3 is 14.9 Å². The van der Waals surface area contributed by atoms with Crippen LogP contribution in [0.15, 0.2) is 84.9 Å². The molecular formula is C26H26N2O3. The zero-order valence-corrected chi connectivity index (χ0v) is 17.4. The van der Waals surface area contributed by atoms with E-state index in [0.717, 1.165) is 22.4 Å². The zero-order chi connectivity index (χ0) is 21.6. The van der Waals surface area contributed by atoms with Gasteiger partial charge in [0.15, 0.2) is 0 Å². The first-order valence-electron chi connectivity index (χ1n) is 10.6. The maximum Gasteiger partial charge on any atom is 0.246 e. The third-order valence-electron chi connectivity index (χ3n) is 5.68. The number of benzene rings is 3. The van der Waals surface area contributed by atoms with Gasteiger partial charge in [-0.05, 0) is 23.6 Å². The van der Waals surface area contributed by atoms with E-state index >= 15 is 0 Å². The molecule has 1 fully saturated rings. The molecule has 1 aliphatic heterocycles. The summed E-state index contributed by atoms with van der Waals surface area (Å²) in [6, 6.07) is 27.7. The molecule has 1 saturated heterocycles. The highest BCUT2D eigenvalue weighted by Gasteiger charge is 2.36. The molecule has 0 unspecified atom stereocenters. The molecule has 1 N–H and O–H groups in total. The molecule has 3 aromatic rings. The summed E-state index contributed by atoms with van der Waals surface area (Å²) >= 11 is 0. The predicted molar refractivity (Wildman–Crippen MR) is 122 cm³/mol. The Labute approximate surface area is 182 Å². The van der Waals surface area contributed by atoms with E-state index in [2.05, 4.69) is 0 Å². The van der Waals surface area contributed by atoms with E-state index in [-0.39, 0.29) is 37.4 Å². The molecule has 0 spiro atoms. The minimum Gasteiger partial charge on any atom is -0.396 e. The number of aliphatic hydroxyl groups is 1. The second-order valence-electron chi connectivity index (χ2n) is 7.73. The third-order valence-corrected chi connectivity index (χ3v) is 5.68. The van der Waals surface area contributed by atoms with Crippen LogP contribution in [0, 0.1) is 0 Å². The second kappa shape index (κ2) is 9.58. The van der Waals surface area contributed by atoms with E-state index < -0.39 is 0 Å². The standard InChI is InChI=1S/C26H26N2O3/c29-16-15-25(30)27-19-26(31)28(18-22(27)17-20-9-3-1-4-10-20)24-14-8-7-13-23(24)21-11-5-2-6-12-21/h1-14,22,29H,15-19H2/t22-/m0/s1. The van der Waals surface area contributed by atoms with E-state index in [1.165, 1.54) is 0 Å². The minimum atomic E-state index is -0.220. The van der Waals surface area contributed by atoms with Crippen molar-refractivity contribution in [1.29, 1.82) is 0 Å². The average molecular weight is 415 g/mol. The number of amides is 2. The van der Waals surface area contributed by atoms with E-state index in [1.54, 1.807) is 9.80 Å². The lowest BCUT2D eigenvalue weighted by molar-refractivity contribution is -0.140. The molecule has 0 aliphatic carbocycles. The van der Waals surface area contributed by atoms with Crippen molar-refractivity contribution in [2.24, 2.45) is 0 Å². The molecule has 5 nitrogen and oxygen atoms in total. The van der Waals surface area contributed by atoms with E-state index in [1.807, 2.05) is 84.9 Å². The Morgan fingerprint density at radius 1 is 0.903 bits per heavy atom. The number of carbonyl (C=O) groups is 2. The van der Waals surface area contributed by atoms with Crippen LogP contribution in [0.2, 0.25) is 0 Å². The summed E-state index contributed by atoms with van der Waals surface area (Å²) in [5.74, 6) is -0.299. The SMILES string of the molecule is O=C1CN(C(=O)CCO)[C@@H](Cc2ccccc2)CN1c1ccccc1-c1ccccc1. The summed E-state index contributed by atoms with van der Waals surface area (Å²) in [7, 11) is 0. The molecule has 5 heteroatoms. The predicted octanol–water partition coefficient (Wildman–Crippen LogP) is 3.52. The van der Waals surface area contributed by atoms with Crippen molar-refractivity contribution < 1.29 is 14.7 Å². The molecule has 158 valence electrons. The number of nitrogens with zero attached hydrogens (tertiary/aromatic N) is 2. The third kappa shape index (κ3) is 4.67. The molecule has 2 amide bonds. The van der Waals surface area contributed by atoms with Crippen molar-refractivity contribution in [1.82, 2.24) is 4.90 Å². The van der Waals surface area contributed by atoms with Crippen molar-refractivity contribution in [3.63, 3.8) is 0 Å². The van der Waals surface area contributed by atoms with Crippen LogP contribution in [0.25, 0.3) is 11.1 Å². The first-order valence-corrected chi connectivity index (χ1v) is 10.6. The highest BCUT2D eigenvalue weighted by molar-refractivity contribution is 6.01. The Balaban J connectivity index is 1.67. The Morgan fingerprint density at radius 3 is 2.26 bits per heavy atom. The van der Waals surface area contributed by atoms with Crippen LogP contribution in [0.1, 0.15) is 12.0 Å². The summed E-state index contributed by atoms with van der Waals surface area (Å²) in [6.45, 7) is 0.205. The molecule has 0 bridgehead atoms. The van der Waals surface area contributed by atoms with Gasteiger partial charge in [-0.2, -0.15) is 0 Å². The van der Waals surface area contributed by atoms with Gasteiger partial charge in [0.1, 0.15) is 6.54 Å². The van der Waals surface area contributed by atoms with Crippen molar-refractivity contribution >= 4 is 17.5 Å². The Bertz CT molecular complexity index is 1040. The van der Waals surface area contributed by atoms with Gasteiger partial charge >= 0.3 is 0 Å². The van der Waals surface area contributed by atoms with Crippen LogP contribution in [0.4, 0.5) is 5.69 Å². The minimum absolute atomic E-state index is 0.0134. The second-order valence-corrected chi connectivity index (χ2v) is 7.73. The molecule has 0 radical (unpaired) electrons. The summed E-state index contributed by atoms with van der Waals surface area (Å²) in [4.78, 5) is 29.3. The number of anilines is 1. The topological polar surface area (TPSA) is 60.9 Å². The fraction of sp³-hybridized carbons (Fsp3) is 0.231. The first kappa shape index (κ1) is 20.8. The number of hydrogen-bond acceptors (Lipinski definition) is 3. The van der Waals surface area contributed by atoms with Crippen LogP contribution in [0.3, 0.4) is 0 Å². The summed E-state index contributed by atoms with van der Waals surface area (Å²) in [5, 5.41) is 9.26. The number of piperazine rings is 1. The zero-order valence-electron chi connectivity index (χ0n) is 17.4. The quantitative estimate of drug-likeness (QED) is 0.671. The maximum atomic E-state index is 13.2. The van der Waals surface area contributed by atoms with Gasteiger partial charge in [0.2, 0.25) is 11.8 Å². The van der Waals surface area contributed by atoms with Crippen LogP contribution in [-0.2, 0) is 16.0 Å². The molecule has 0 aromatic heterocycles. The molecule has 1 atom stereocenters. The summed E-state index contributed by atoms with van der Waals surface area (Å²) in [5.41, 5.74) is 4.00. The van der Waals surface area contributed by atoms with Crippen molar-refractivity contribution in [3.05, 3.63) is 90.5 Å². The smallest absolute Gasteiger partial charge is 0.246 e. The lowest BCUT2D eigenvalue weighted by Crippen LogP contribution is -2.59. The van der Waals surface area contributed by atoms with Crippen LogP contribution >= 0.6 is 0 Å². The van der Waals surface area contributed by atoms with Gasteiger partial charge in [0, 0.05) is 18.5 Å². The molecular weight excluding hydrogens is 388 g/mol. The average Bonchev–Trinajstić information content (AvgIpc) is 2.81. The van der Waals surface area contributed by atoms with E-state index in [4.69, 9.17) is 0 Å². The molecule has 31 heavy (non-hydrogen) atoms. The largest absolute Gasteiger partial charge is 0.396 e. The highest BCUT2D eigenvalue weighted by Crippen LogP contribution is 2.33. The summed E-state index contributed by atoms with van der Waals surface area (Å²) in [6.07, 6.45) is 0.675. The van der Waals surface area contributed by atoms with Gasteiger partial charge in [0.05, 0.1) is 18.3 Å². The Morgan fingerprint density at radius 2 is 1.55 bits per heavy atom. The maximum absolute atomic E-state index is 13.2. The van der Waals surface area contributed by atoms with Crippen molar-refractivity contribution in [3.8, 4) is 11.1 Å². The van der Waals surface area contributed by atoms with Gasteiger partial charge in [-0.1, -0.05) is 78.9 Å². The van der Waals surface area contributed by atoms with Gasteiger partial charge in [-0.3, -0.25) is 9.59 Å². The van der Waals surface area contributed by atoms with Gasteiger partial charge in [-0.15, -0.1) is 0 Å². The molecule has 4 rings (SSSR count). The molecule has 1 aliphatic rings. The first-order chi connectivity index (χ1) is 15.2. The van der Waals surface area contributed by atoms with Crippen LogP contribution < -0.4 is 4.90 Å². The Kier molecular flexibility index (Phi) is 6.43. The molecule has 3 aromatic carbocycles. The monoisotopic (exact) mass is 414 g/mol. The van der Waals surface area contributed by atoms with Crippen molar-refractivity contribution in [2.75, 3.05) is 24.6 Å². The number of para-hydroxylation sites is 1. The fourth-order valence-electron chi connectivity index (χ4n) is 4.17. The number of carbonyl (C=O) groups excluding carboxylic acids is 2. The number of aliphatic hydroxyl groups excluding tert-OH is 1. The van der Waals surface area contributed by atoms with Gasteiger partial charge in [-0.25, -0.2) is 0 Å². The fourth-order valence-corrected chi connectivity index (χ4v) is 4.17. The molecule has 0 saturated carbocycles. The highest BCUT2D eigenvalue weighted by atomic mass is 16.3. The number of rotatable bonds is 6. The van der Waals surface area contributed by atoms with E-state index in [9.17, 15) is 14.7 Å². The van der Waals surface area contributed by atoms with Crippen LogP contribution in [-0.4, -0.2) is 47.6 Å². The lowest BCUT2D eigenvalue weighted by Gasteiger charge is -2.41. The van der Waals surface area contributed by atoms with Crippen LogP contribution in [0.5, 0.6) is 0 Å². The molecule has 1 heterocycles. The van der Waals surface area contributed by atoms with Gasteiger partial charge in [0.25, 0.3) is 0 Å². The lowest BCUT2D eigenvalue weighted by atomic mass is 9.98. The number of hydrogen-bond donors (Lipinski definition) is 1. The normalized spacial score (nSPS) is 16.4. The Hall–Kier alpha value is -3.44. The van der Waals surface area contributed by atoms with Crippen molar-refractivity contribution in [2.45, 2.75) is 18.9 Å².